The minimum absolute atomic E-state index is 0.409. The van der Waals surface area contributed by atoms with Crippen molar-refractivity contribution in [3.8, 4) is 73.8 Å². The lowest BCUT2D eigenvalue weighted by Crippen LogP contribution is -2.05. The molecule has 63 heavy (non-hydrogen) atoms. The fraction of sp³-hybridized carbons (Fsp3) is 0.100. The molecule has 10 rings (SSSR count). The number of fused-ring (bicyclic) bond motifs is 3. The smallest absolute Gasteiger partial charge is 0.308 e. The van der Waals surface area contributed by atoms with E-state index in [-0.39, 0.29) is 0 Å². The Balaban J connectivity index is 1.28. The van der Waals surface area contributed by atoms with Crippen molar-refractivity contribution in [2.24, 2.45) is 0 Å². The summed E-state index contributed by atoms with van der Waals surface area (Å²) in [6.45, 7) is 7.36. The molecule has 6 aromatic carbocycles. The maximum absolute atomic E-state index is 13.7. The Morgan fingerprint density at radius 1 is 0.365 bits per heavy atom. The van der Waals surface area contributed by atoms with Gasteiger partial charge in [-0.25, -0.2) is 44.9 Å². The number of benzene rings is 6. The number of halogens is 3. The van der Waals surface area contributed by atoms with E-state index in [1.807, 2.05) is 131 Å². The van der Waals surface area contributed by atoms with Crippen LogP contribution in [0, 0.1) is 27.7 Å². The second kappa shape index (κ2) is 15.4. The third-order valence-corrected chi connectivity index (χ3v) is 10.7. The van der Waals surface area contributed by atoms with Gasteiger partial charge < -0.3 is 4.57 Å². The molecule has 13 heteroatoms. The van der Waals surface area contributed by atoms with E-state index in [1.54, 1.807) is 0 Å². The first-order valence-corrected chi connectivity index (χ1v) is 20.1. The van der Waals surface area contributed by atoms with Crippen molar-refractivity contribution in [1.82, 2.24) is 49.4 Å². The lowest BCUT2D eigenvalue weighted by molar-refractivity contribution is -0.137. The summed E-state index contributed by atoms with van der Waals surface area (Å²) in [5.74, 6) is 4.89. The summed E-state index contributed by atoms with van der Waals surface area (Å²) in [5.41, 5.74) is 6.81. The standard InChI is InChI=1S/C50H35F3N10/c1-28-54-29(2)57-47(56-28)36-18-23-42-40(25-36)41-26-37(48-58-30(3)55-31(4)59-48)19-24-43(41)63(42)44-27-35(32-15-20-38(21-16-32)50(51,52)53)17-22-39(44)49-61-45(33-11-7-5-8-12-33)60-46(62-49)34-13-9-6-10-14-34/h5-27H,1-4H3. The fourth-order valence-electron chi connectivity index (χ4n) is 7.92. The van der Waals surface area contributed by atoms with Gasteiger partial charge in [0.05, 0.1) is 22.3 Å². The van der Waals surface area contributed by atoms with Crippen molar-refractivity contribution < 1.29 is 13.2 Å². The summed E-state index contributed by atoms with van der Waals surface area (Å²) in [7, 11) is 0. The van der Waals surface area contributed by atoms with Crippen LogP contribution < -0.4 is 0 Å². The molecule has 306 valence electrons. The highest BCUT2D eigenvalue weighted by atomic mass is 19.4. The monoisotopic (exact) mass is 832 g/mol. The molecule has 0 aliphatic heterocycles. The van der Waals surface area contributed by atoms with Gasteiger partial charge in [-0.3, -0.25) is 0 Å². The zero-order chi connectivity index (χ0) is 43.4. The van der Waals surface area contributed by atoms with Crippen LogP contribution in [0.2, 0.25) is 0 Å². The predicted octanol–water partition coefficient (Wildman–Crippen LogP) is 11.6. The first-order valence-electron chi connectivity index (χ1n) is 20.1. The maximum Gasteiger partial charge on any atom is 0.416 e. The Bertz CT molecular complexity index is 3160. The molecule has 0 saturated carbocycles. The second-order valence-electron chi connectivity index (χ2n) is 15.2. The van der Waals surface area contributed by atoms with E-state index in [1.165, 1.54) is 12.1 Å². The highest BCUT2D eigenvalue weighted by Crippen LogP contribution is 2.41. The average Bonchev–Trinajstić information content (AvgIpc) is 3.61. The van der Waals surface area contributed by atoms with Crippen molar-refractivity contribution >= 4 is 21.8 Å². The molecule has 0 amide bonds. The van der Waals surface area contributed by atoms with Crippen LogP contribution in [0.25, 0.3) is 95.6 Å². The van der Waals surface area contributed by atoms with Crippen molar-refractivity contribution in [1.29, 1.82) is 0 Å². The summed E-state index contributed by atoms with van der Waals surface area (Å²) in [6.07, 6.45) is -4.47. The van der Waals surface area contributed by atoms with Crippen LogP contribution >= 0.6 is 0 Å². The molecule has 0 atom stereocenters. The summed E-state index contributed by atoms with van der Waals surface area (Å²) >= 11 is 0. The molecule has 0 radical (unpaired) electrons. The van der Waals surface area contributed by atoms with Gasteiger partial charge in [-0.2, -0.15) is 13.2 Å². The highest BCUT2D eigenvalue weighted by Gasteiger charge is 2.30. The Labute approximate surface area is 359 Å². The first kappa shape index (κ1) is 39.1. The lowest BCUT2D eigenvalue weighted by atomic mass is 10.00. The molecule has 0 bridgehead atoms. The summed E-state index contributed by atoms with van der Waals surface area (Å²) in [6, 6.07) is 42.6. The molecule has 0 unspecified atom stereocenters. The number of hydrogen-bond acceptors (Lipinski definition) is 9. The molecule has 0 fully saturated rings. The highest BCUT2D eigenvalue weighted by molar-refractivity contribution is 6.12. The minimum Gasteiger partial charge on any atom is -0.308 e. The molecular weight excluding hydrogens is 798 g/mol. The van der Waals surface area contributed by atoms with Crippen molar-refractivity contribution in [2.45, 2.75) is 33.9 Å². The molecule has 0 spiro atoms. The van der Waals surface area contributed by atoms with Gasteiger partial charge >= 0.3 is 6.18 Å². The second-order valence-corrected chi connectivity index (χ2v) is 15.2. The van der Waals surface area contributed by atoms with Gasteiger partial charge in [0.25, 0.3) is 0 Å². The van der Waals surface area contributed by atoms with E-state index in [9.17, 15) is 13.2 Å². The van der Waals surface area contributed by atoms with E-state index in [2.05, 4.69) is 46.6 Å². The van der Waals surface area contributed by atoms with E-state index < -0.39 is 11.7 Å². The van der Waals surface area contributed by atoms with Crippen LogP contribution in [-0.2, 0) is 6.18 Å². The average molecular weight is 833 g/mol. The molecule has 0 saturated heterocycles. The Hall–Kier alpha value is -8.06. The number of hydrogen-bond donors (Lipinski definition) is 0. The Kier molecular flexibility index (Phi) is 9.58. The normalized spacial score (nSPS) is 11.7. The van der Waals surface area contributed by atoms with Crippen LogP contribution in [0.1, 0.15) is 28.9 Å². The van der Waals surface area contributed by atoms with E-state index in [0.29, 0.717) is 74.8 Å². The van der Waals surface area contributed by atoms with Crippen LogP contribution in [-0.4, -0.2) is 49.4 Å². The fourth-order valence-corrected chi connectivity index (χ4v) is 7.92. The number of rotatable bonds is 7. The zero-order valence-electron chi connectivity index (χ0n) is 34.4. The van der Waals surface area contributed by atoms with Crippen LogP contribution in [0.4, 0.5) is 13.2 Å². The molecule has 0 aliphatic rings. The molecule has 4 aromatic heterocycles. The van der Waals surface area contributed by atoms with Crippen LogP contribution in [0.5, 0.6) is 0 Å². The molecule has 0 aliphatic carbocycles. The van der Waals surface area contributed by atoms with Gasteiger partial charge in [0, 0.05) is 38.6 Å². The Morgan fingerprint density at radius 3 is 1.24 bits per heavy atom. The van der Waals surface area contributed by atoms with Crippen LogP contribution in [0.15, 0.2) is 140 Å². The first-order chi connectivity index (χ1) is 30.4. The quantitative estimate of drug-likeness (QED) is 0.154. The van der Waals surface area contributed by atoms with Gasteiger partial charge in [-0.15, -0.1) is 0 Å². The number of aryl methyl sites for hydroxylation is 4. The van der Waals surface area contributed by atoms with E-state index in [0.717, 1.165) is 56.2 Å². The zero-order valence-corrected chi connectivity index (χ0v) is 34.4. The maximum atomic E-state index is 13.7. The molecule has 4 heterocycles. The molecular formula is C50H35F3N10. The Morgan fingerprint density at radius 2 is 0.778 bits per heavy atom. The number of aromatic nitrogens is 10. The van der Waals surface area contributed by atoms with Crippen molar-refractivity contribution in [3.63, 3.8) is 0 Å². The summed E-state index contributed by atoms with van der Waals surface area (Å²) in [4.78, 5) is 42.7. The molecule has 0 N–H and O–H groups in total. The number of alkyl halides is 3. The van der Waals surface area contributed by atoms with Gasteiger partial charge in [0.2, 0.25) is 0 Å². The van der Waals surface area contributed by atoms with E-state index >= 15 is 0 Å². The third-order valence-electron chi connectivity index (χ3n) is 10.7. The topological polar surface area (TPSA) is 121 Å². The lowest BCUT2D eigenvalue weighted by Gasteiger charge is -2.17. The summed E-state index contributed by atoms with van der Waals surface area (Å²) < 4.78 is 43.3. The molecule has 10 aromatic rings. The van der Waals surface area contributed by atoms with Gasteiger partial charge in [0.1, 0.15) is 23.3 Å². The SMILES string of the molecule is Cc1nc(C)nc(-c2ccc3c(c2)c2cc(-c4nc(C)nc(C)n4)ccc2n3-c2cc(-c3ccc(C(F)(F)F)cc3)ccc2-c2nc(-c3ccccc3)nc(-c3ccccc3)n2)n1. The van der Waals surface area contributed by atoms with Gasteiger partial charge in [-0.05, 0) is 99.5 Å². The van der Waals surface area contributed by atoms with Gasteiger partial charge in [-0.1, -0.05) is 78.9 Å². The van der Waals surface area contributed by atoms with E-state index in [4.69, 9.17) is 15.0 Å². The van der Waals surface area contributed by atoms with Crippen molar-refractivity contribution in [3.05, 3.63) is 168 Å². The third kappa shape index (κ3) is 7.54. The van der Waals surface area contributed by atoms with Crippen molar-refractivity contribution in [2.75, 3.05) is 0 Å². The molecule has 10 nitrogen and oxygen atoms in total. The van der Waals surface area contributed by atoms with Gasteiger partial charge in [0.15, 0.2) is 29.1 Å². The minimum atomic E-state index is -4.47. The predicted molar refractivity (Wildman–Crippen MR) is 238 cm³/mol. The number of nitrogens with zero attached hydrogens (tertiary/aromatic N) is 10. The largest absolute Gasteiger partial charge is 0.416 e. The summed E-state index contributed by atoms with van der Waals surface area (Å²) in [5, 5.41) is 1.78. The van der Waals surface area contributed by atoms with Crippen LogP contribution in [0.3, 0.4) is 0 Å².